The maximum absolute atomic E-state index is 9.71. The average molecular weight is 292 g/mol. The first-order chi connectivity index (χ1) is 8.49. The molecule has 0 aliphatic rings. The highest BCUT2D eigenvalue weighted by Crippen LogP contribution is 2.27. The second-order valence-corrected chi connectivity index (χ2v) is 5.44. The van der Waals surface area contributed by atoms with E-state index >= 15 is 0 Å². The van der Waals surface area contributed by atoms with Gasteiger partial charge in [-0.1, -0.05) is 37.0 Å². The molecule has 0 aliphatic heterocycles. The van der Waals surface area contributed by atoms with Crippen LogP contribution < -0.4 is 10.1 Å². The molecule has 18 heavy (non-hydrogen) atoms. The standard InChI is InChI=1S/C13H19Cl2NO2/c1-9(2)6-16-7-11(17)8-18-13-4-3-10(14)5-12(13)15/h3-5,9,11,16-17H,6-8H2,1-2H3. The smallest absolute Gasteiger partial charge is 0.138 e. The van der Waals surface area contributed by atoms with Crippen LogP contribution in [0.5, 0.6) is 5.75 Å². The van der Waals surface area contributed by atoms with Crippen LogP contribution in [-0.2, 0) is 0 Å². The molecule has 102 valence electrons. The van der Waals surface area contributed by atoms with Gasteiger partial charge >= 0.3 is 0 Å². The molecule has 1 atom stereocenters. The molecular weight excluding hydrogens is 273 g/mol. The fourth-order valence-electron chi connectivity index (χ4n) is 1.38. The summed E-state index contributed by atoms with van der Waals surface area (Å²) in [5.74, 6) is 1.09. The minimum Gasteiger partial charge on any atom is -0.489 e. The van der Waals surface area contributed by atoms with Crippen LogP contribution in [0, 0.1) is 5.92 Å². The Labute approximate surface area is 118 Å². The van der Waals surface area contributed by atoms with Gasteiger partial charge in [0.15, 0.2) is 0 Å². The predicted octanol–water partition coefficient (Wildman–Crippen LogP) is 2.98. The number of aliphatic hydroxyl groups is 1. The average Bonchev–Trinajstić information content (AvgIpc) is 2.27. The fourth-order valence-corrected chi connectivity index (χ4v) is 1.84. The molecule has 3 nitrogen and oxygen atoms in total. The Morgan fingerprint density at radius 1 is 1.28 bits per heavy atom. The zero-order valence-electron chi connectivity index (χ0n) is 10.6. The Morgan fingerprint density at radius 2 is 2.00 bits per heavy atom. The largest absolute Gasteiger partial charge is 0.489 e. The molecule has 5 heteroatoms. The van der Waals surface area contributed by atoms with E-state index in [1.54, 1.807) is 18.2 Å². The normalized spacial score (nSPS) is 12.8. The molecule has 0 amide bonds. The lowest BCUT2D eigenvalue weighted by molar-refractivity contribution is 0.106. The van der Waals surface area contributed by atoms with Crippen molar-refractivity contribution < 1.29 is 9.84 Å². The van der Waals surface area contributed by atoms with Gasteiger partial charge in [-0.2, -0.15) is 0 Å². The molecule has 1 aromatic rings. The van der Waals surface area contributed by atoms with Crippen LogP contribution in [0.4, 0.5) is 0 Å². The molecule has 0 saturated heterocycles. The van der Waals surface area contributed by atoms with Gasteiger partial charge in [-0.3, -0.25) is 0 Å². The van der Waals surface area contributed by atoms with Crippen molar-refractivity contribution in [2.75, 3.05) is 19.7 Å². The predicted molar refractivity (Wildman–Crippen MR) is 75.7 cm³/mol. The lowest BCUT2D eigenvalue weighted by Gasteiger charge is -2.15. The van der Waals surface area contributed by atoms with Crippen molar-refractivity contribution in [3.8, 4) is 5.75 Å². The Bertz CT molecular complexity index is 372. The van der Waals surface area contributed by atoms with Crippen molar-refractivity contribution >= 4 is 23.2 Å². The minimum atomic E-state index is -0.560. The van der Waals surface area contributed by atoms with Gasteiger partial charge in [0.2, 0.25) is 0 Å². The SMILES string of the molecule is CC(C)CNCC(O)COc1ccc(Cl)cc1Cl. The highest BCUT2D eigenvalue weighted by Gasteiger charge is 2.07. The first-order valence-corrected chi connectivity index (χ1v) is 6.71. The number of hydrogen-bond acceptors (Lipinski definition) is 3. The maximum Gasteiger partial charge on any atom is 0.138 e. The Hall–Kier alpha value is -0.480. The van der Waals surface area contributed by atoms with Crippen molar-refractivity contribution in [3.05, 3.63) is 28.2 Å². The quantitative estimate of drug-likeness (QED) is 0.812. The number of halogens is 2. The molecule has 0 fully saturated rings. The first kappa shape index (κ1) is 15.6. The maximum atomic E-state index is 9.71. The van der Waals surface area contributed by atoms with Gasteiger partial charge in [-0.05, 0) is 30.7 Å². The highest BCUT2D eigenvalue weighted by atomic mass is 35.5. The third kappa shape index (κ3) is 5.91. The summed E-state index contributed by atoms with van der Waals surface area (Å²) in [6.45, 7) is 5.81. The van der Waals surface area contributed by atoms with Crippen LogP contribution in [0.3, 0.4) is 0 Å². The van der Waals surface area contributed by atoms with E-state index < -0.39 is 6.10 Å². The third-order valence-electron chi connectivity index (χ3n) is 2.26. The molecule has 0 spiro atoms. The third-order valence-corrected chi connectivity index (χ3v) is 2.79. The van der Waals surface area contributed by atoms with Crippen LogP contribution in [-0.4, -0.2) is 30.9 Å². The van der Waals surface area contributed by atoms with Gasteiger partial charge < -0.3 is 15.2 Å². The lowest BCUT2D eigenvalue weighted by Crippen LogP contribution is -2.33. The molecule has 0 saturated carbocycles. The zero-order valence-corrected chi connectivity index (χ0v) is 12.1. The van der Waals surface area contributed by atoms with Crippen molar-refractivity contribution in [2.45, 2.75) is 20.0 Å². The summed E-state index contributed by atoms with van der Waals surface area (Å²) in [4.78, 5) is 0. The summed E-state index contributed by atoms with van der Waals surface area (Å²) in [6, 6.07) is 5.01. The van der Waals surface area contributed by atoms with Gasteiger partial charge in [0.1, 0.15) is 18.5 Å². The van der Waals surface area contributed by atoms with Crippen molar-refractivity contribution in [2.24, 2.45) is 5.92 Å². The summed E-state index contributed by atoms with van der Waals surface area (Å²) in [5, 5.41) is 13.9. The topological polar surface area (TPSA) is 41.5 Å². The van der Waals surface area contributed by atoms with Crippen molar-refractivity contribution in [1.82, 2.24) is 5.32 Å². The van der Waals surface area contributed by atoms with Crippen molar-refractivity contribution in [3.63, 3.8) is 0 Å². The number of benzene rings is 1. The highest BCUT2D eigenvalue weighted by molar-refractivity contribution is 6.35. The Morgan fingerprint density at radius 3 is 2.61 bits per heavy atom. The minimum absolute atomic E-state index is 0.201. The monoisotopic (exact) mass is 291 g/mol. The fraction of sp³-hybridized carbons (Fsp3) is 0.538. The molecular formula is C13H19Cl2NO2. The summed E-state index contributed by atoms with van der Waals surface area (Å²) >= 11 is 11.7. The van der Waals surface area contributed by atoms with E-state index in [-0.39, 0.29) is 6.61 Å². The van der Waals surface area contributed by atoms with Crippen molar-refractivity contribution in [1.29, 1.82) is 0 Å². The van der Waals surface area contributed by atoms with Gasteiger partial charge in [0.25, 0.3) is 0 Å². The van der Waals surface area contributed by atoms with Crippen LogP contribution in [0.15, 0.2) is 18.2 Å². The van der Waals surface area contributed by atoms with Gasteiger partial charge in [-0.15, -0.1) is 0 Å². The molecule has 1 aromatic carbocycles. The van der Waals surface area contributed by atoms with Gasteiger partial charge in [0.05, 0.1) is 5.02 Å². The molecule has 0 heterocycles. The molecule has 0 radical (unpaired) electrons. The first-order valence-electron chi connectivity index (χ1n) is 5.95. The zero-order chi connectivity index (χ0) is 13.5. The lowest BCUT2D eigenvalue weighted by atomic mass is 10.2. The number of hydrogen-bond donors (Lipinski definition) is 2. The van der Waals surface area contributed by atoms with Gasteiger partial charge in [-0.25, -0.2) is 0 Å². The second kappa shape index (κ2) is 7.85. The summed E-state index contributed by atoms with van der Waals surface area (Å²) in [6.07, 6.45) is -0.560. The molecule has 0 aromatic heterocycles. The van der Waals surface area contributed by atoms with E-state index in [0.717, 1.165) is 6.54 Å². The number of nitrogens with one attached hydrogen (secondary N) is 1. The van der Waals surface area contributed by atoms with E-state index in [4.69, 9.17) is 27.9 Å². The molecule has 1 unspecified atom stereocenters. The number of ether oxygens (including phenoxy) is 1. The Balaban J connectivity index is 2.31. The van der Waals surface area contributed by atoms with E-state index in [1.165, 1.54) is 0 Å². The van der Waals surface area contributed by atoms with E-state index in [9.17, 15) is 5.11 Å². The van der Waals surface area contributed by atoms with E-state index in [0.29, 0.717) is 28.3 Å². The second-order valence-electron chi connectivity index (χ2n) is 4.59. The molecule has 2 N–H and O–H groups in total. The Kier molecular flexibility index (Phi) is 6.79. The molecule has 0 bridgehead atoms. The molecule has 0 aliphatic carbocycles. The summed E-state index contributed by atoms with van der Waals surface area (Å²) in [5.41, 5.74) is 0. The van der Waals surface area contributed by atoms with Gasteiger partial charge in [0, 0.05) is 11.6 Å². The van der Waals surface area contributed by atoms with Crippen LogP contribution >= 0.6 is 23.2 Å². The van der Waals surface area contributed by atoms with Crippen LogP contribution in [0.1, 0.15) is 13.8 Å². The van der Waals surface area contributed by atoms with Crippen LogP contribution in [0.2, 0.25) is 10.0 Å². The number of aliphatic hydroxyl groups excluding tert-OH is 1. The van der Waals surface area contributed by atoms with Crippen LogP contribution in [0.25, 0.3) is 0 Å². The van der Waals surface area contributed by atoms with E-state index in [2.05, 4.69) is 19.2 Å². The molecule has 1 rings (SSSR count). The van der Waals surface area contributed by atoms with E-state index in [1.807, 2.05) is 0 Å². The summed E-state index contributed by atoms with van der Waals surface area (Å²) < 4.78 is 5.43. The summed E-state index contributed by atoms with van der Waals surface area (Å²) in [7, 11) is 0. The number of rotatable bonds is 7.